The highest BCUT2D eigenvalue weighted by molar-refractivity contribution is 6.12. The van der Waals surface area contributed by atoms with Crippen LogP contribution in [0.3, 0.4) is 0 Å². The Hall–Kier alpha value is -2.62. The van der Waals surface area contributed by atoms with Crippen molar-refractivity contribution in [1.82, 2.24) is 0 Å². The highest BCUT2D eigenvalue weighted by atomic mass is 16.5. The van der Waals surface area contributed by atoms with E-state index in [0.29, 0.717) is 36.3 Å². The van der Waals surface area contributed by atoms with Crippen molar-refractivity contribution < 1.29 is 19.4 Å². The number of benzene rings is 2. The number of carbonyl (C=O) groups excluding carboxylic acids is 1. The van der Waals surface area contributed by atoms with Crippen LogP contribution in [0.1, 0.15) is 46.3 Å². The Kier molecular flexibility index (Phi) is 4.42. The van der Waals surface area contributed by atoms with E-state index in [1.807, 2.05) is 42.5 Å². The minimum absolute atomic E-state index is 0.0121. The number of ether oxygens (including phenoxy) is 1. The van der Waals surface area contributed by atoms with Crippen LogP contribution in [-0.2, 0) is 17.8 Å². The van der Waals surface area contributed by atoms with Gasteiger partial charge in [0.2, 0.25) is 0 Å². The van der Waals surface area contributed by atoms with E-state index in [2.05, 4.69) is 0 Å². The standard InChI is InChI=1S/C19H18O4/c20-17(21)11-4-2-6-13-8-5-10-16-18(13)19(22)15-9-3-1-7-14(15)12-23-16/h1,3,5,7-10H,2,4,6,11-12H2,(H,20,21). The van der Waals surface area contributed by atoms with Gasteiger partial charge in [-0.25, -0.2) is 0 Å². The monoisotopic (exact) mass is 310 g/mol. The molecule has 4 nitrogen and oxygen atoms in total. The minimum Gasteiger partial charge on any atom is -0.488 e. The second-order valence-electron chi connectivity index (χ2n) is 5.67. The van der Waals surface area contributed by atoms with Crippen LogP contribution in [0.25, 0.3) is 0 Å². The number of aryl methyl sites for hydroxylation is 1. The number of rotatable bonds is 5. The number of carbonyl (C=O) groups is 2. The summed E-state index contributed by atoms with van der Waals surface area (Å²) in [4.78, 5) is 23.5. The van der Waals surface area contributed by atoms with Crippen molar-refractivity contribution in [3.05, 3.63) is 64.7 Å². The zero-order chi connectivity index (χ0) is 16.2. The molecule has 0 aliphatic carbocycles. The van der Waals surface area contributed by atoms with Gasteiger partial charge in [-0.1, -0.05) is 36.4 Å². The van der Waals surface area contributed by atoms with Gasteiger partial charge < -0.3 is 9.84 Å². The van der Waals surface area contributed by atoms with Gasteiger partial charge in [-0.2, -0.15) is 0 Å². The van der Waals surface area contributed by atoms with Crippen molar-refractivity contribution in [2.45, 2.75) is 32.3 Å². The van der Waals surface area contributed by atoms with Gasteiger partial charge in [-0.3, -0.25) is 9.59 Å². The lowest BCUT2D eigenvalue weighted by Gasteiger charge is -2.11. The summed E-state index contributed by atoms with van der Waals surface area (Å²) < 4.78 is 5.82. The van der Waals surface area contributed by atoms with Gasteiger partial charge in [0.1, 0.15) is 12.4 Å². The van der Waals surface area contributed by atoms with Crippen molar-refractivity contribution in [3.8, 4) is 5.75 Å². The highest BCUT2D eigenvalue weighted by Gasteiger charge is 2.24. The Morgan fingerprint density at radius 2 is 1.91 bits per heavy atom. The van der Waals surface area contributed by atoms with Crippen LogP contribution in [0.15, 0.2) is 42.5 Å². The zero-order valence-corrected chi connectivity index (χ0v) is 12.7. The molecule has 0 radical (unpaired) electrons. The molecule has 1 aliphatic rings. The van der Waals surface area contributed by atoms with Crippen LogP contribution in [0.4, 0.5) is 0 Å². The fourth-order valence-electron chi connectivity index (χ4n) is 2.91. The largest absolute Gasteiger partial charge is 0.488 e. The molecule has 3 rings (SSSR count). The number of ketones is 1. The first-order chi connectivity index (χ1) is 11.2. The molecule has 0 amide bonds. The maximum absolute atomic E-state index is 12.9. The van der Waals surface area contributed by atoms with Crippen LogP contribution < -0.4 is 4.74 Å². The van der Waals surface area contributed by atoms with Crippen molar-refractivity contribution >= 4 is 11.8 Å². The zero-order valence-electron chi connectivity index (χ0n) is 12.7. The molecule has 0 atom stereocenters. The third-order valence-electron chi connectivity index (χ3n) is 4.07. The summed E-state index contributed by atoms with van der Waals surface area (Å²) in [7, 11) is 0. The molecular weight excluding hydrogens is 292 g/mol. The Balaban J connectivity index is 1.88. The predicted octanol–water partition coefficient (Wildman–Crippen LogP) is 3.61. The molecule has 2 aromatic rings. The van der Waals surface area contributed by atoms with Gasteiger partial charge in [0.15, 0.2) is 5.78 Å². The summed E-state index contributed by atoms with van der Waals surface area (Å²) >= 11 is 0. The first kappa shape index (κ1) is 15.3. The maximum Gasteiger partial charge on any atom is 0.303 e. The number of carboxylic acids is 1. The molecular formula is C19H18O4. The third-order valence-corrected chi connectivity index (χ3v) is 4.07. The van der Waals surface area contributed by atoms with E-state index in [-0.39, 0.29) is 12.2 Å². The fraction of sp³-hybridized carbons (Fsp3) is 0.263. The number of hydrogen-bond acceptors (Lipinski definition) is 3. The van der Waals surface area contributed by atoms with E-state index in [1.54, 1.807) is 0 Å². The normalized spacial score (nSPS) is 12.8. The molecule has 2 aromatic carbocycles. The fourth-order valence-corrected chi connectivity index (χ4v) is 2.91. The number of aliphatic carboxylic acids is 1. The first-order valence-corrected chi connectivity index (χ1v) is 7.76. The molecule has 0 unspecified atom stereocenters. The van der Waals surface area contributed by atoms with E-state index in [0.717, 1.165) is 17.5 Å². The summed E-state index contributed by atoms with van der Waals surface area (Å²) in [6.07, 6.45) is 2.17. The Morgan fingerprint density at radius 1 is 1.09 bits per heavy atom. The quantitative estimate of drug-likeness (QED) is 0.857. The molecule has 0 spiro atoms. The summed E-state index contributed by atoms with van der Waals surface area (Å²) in [6.45, 7) is 0.386. The smallest absolute Gasteiger partial charge is 0.303 e. The minimum atomic E-state index is -0.787. The van der Waals surface area contributed by atoms with Crippen LogP contribution in [0, 0.1) is 0 Å². The second kappa shape index (κ2) is 6.65. The van der Waals surface area contributed by atoms with Crippen LogP contribution >= 0.6 is 0 Å². The van der Waals surface area contributed by atoms with E-state index in [1.165, 1.54) is 0 Å². The summed E-state index contributed by atoms with van der Waals surface area (Å²) in [5.74, 6) is -0.186. The molecule has 0 fully saturated rings. The summed E-state index contributed by atoms with van der Waals surface area (Å²) in [5, 5.41) is 8.72. The van der Waals surface area contributed by atoms with Crippen molar-refractivity contribution in [3.63, 3.8) is 0 Å². The molecule has 23 heavy (non-hydrogen) atoms. The number of unbranched alkanes of at least 4 members (excludes halogenated alkanes) is 1. The van der Waals surface area contributed by atoms with Gasteiger partial charge in [0, 0.05) is 17.5 Å². The molecule has 118 valence electrons. The lowest BCUT2D eigenvalue weighted by Crippen LogP contribution is -2.06. The molecule has 0 saturated heterocycles. The van der Waals surface area contributed by atoms with Crippen molar-refractivity contribution in [2.75, 3.05) is 0 Å². The van der Waals surface area contributed by atoms with Gasteiger partial charge in [-0.05, 0) is 30.9 Å². The highest BCUT2D eigenvalue weighted by Crippen LogP contribution is 2.31. The number of fused-ring (bicyclic) bond motifs is 2. The molecule has 0 aromatic heterocycles. The molecule has 1 N–H and O–H groups in total. The second-order valence-corrected chi connectivity index (χ2v) is 5.67. The maximum atomic E-state index is 12.9. The van der Waals surface area contributed by atoms with E-state index in [4.69, 9.17) is 9.84 Å². The SMILES string of the molecule is O=C(O)CCCCc1cccc2c1C(=O)c1ccccc1CO2. The average molecular weight is 310 g/mol. The van der Waals surface area contributed by atoms with Crippen molar-refractivity contribution in [1.29, 1.82) is 0 Å². The van der Waals surface area contributed by atoms with E-state index in [9.17, 15) is 9.59 Å². The van der Waals surface area contributed by atoms with Crippen LogP contribution in [0.2, 0.25) is 0 Å². The van der Waals surface area contributed by atoms with E-state index < -0.39 is 5.97 Å². The van der Waals surface area contributed by atoms with Gasteiger partial charge in [0.05, 0.1) is 5.56 Å². The molecule has 0 bridgehead atoms. The Morgan fingerprint density at radius 3 is 2.74 bits per heavy atom. The van der Waals surface area contributed by atoms with Gasteiger partial charge in [-0.15, -0.1) is 0 Å². The van der Waals surface area contributed by atoms with Crippen LogP contribution in [0.5, 0.6) is 5.75 Å². The van der Waals surface area contributed by atoms with E-state index >= 15 is 0 Å². The predicted molar refractivity (Wildman–Crippen MR) is 85.8 cm³/mol. The molecule has 0 saturated carbocycles. The average Bonchev–Trinajstić information content (AvgIpc) is 2.70. The molecule has 1 heterocycles. The van der Waals surface area contributed by atoms with Gasteiger partial charge in [0.25, 0.3) is 0 Å². The first-order valence-electron chi connectivity index (χ1n) is 7.76. The lowest BCUT2D eigenvalue weighted by atomic mass is 9.93. The topological polar surface area (TPSA) is 63.6 Å². The molecule has 4 heteroatoms. The van der Waals surface area contributed by atoms with Gasteiger partial charge >= 0.3 is 5.97 Å². The van der Waals surface area contributed by atoms with Crippen LogP contribution in [-0.4, -0.2) is 16.9 Å². The summed E-state index contributed by atoms with van der Waals surface area (Å²) in [5.41, 5.74) is 3.12. The third kappa shape index (κ3) is 3.26. The number of hydrogen-bond donors (Lipinski definition) is 1. The Labute approximate surface area is 134 Å². The van der Waals surface area contributed by atoms with Crippen molar-refractivity contribution in [2.24, 2.45) is 0 Å². The Bertz CT molecular complexity index is 749. The lowest BCUT2D eigenvalue weighted by molar-refractivity contribution is -0.137. The summed E-state index contributed by atoms with van der Waals surface area (Å²) in [6, 6.07) is 13.1. The molecule has 1 aliphatic heterocycles. The number of carboxylic acid groups (broad SMARTS) is 1.